The third kappa shape index (κ3) is 3.83. The van der Waals surface area contributed by atoms with Crippen LogP contribution in [0.5, 0.6) is 11.5 Å². The fourth-order valence-corrected chi connectivity index (χ4v) is 3.79. The van der Waals surface area contributed by atoms with Crippen molar-refractivity contribution in [3.05, 3.63) is 54.1 Å². The Balaban J connectivity index is 1.80. The molecule has 0 saturated carbocycles. The number of pyridine rings is 1. The number of nitrogens with two attached hydrogens (primary N) is 1. The molecule has 32 heavy (non-hydrogen) atoms. The molecule has 0 spiro atoms. The van der Waals surface area contributed by atoms with Crippen molar-refractivity contribution in [1.82, 2.24) is 19.7 Å². The molecule has 8 nitrogen and oxygen atoms in total. The zero-order valence-corrected chi connectivity index (χ0v) is 17.8. The van der Waals surface area contributed by atoms with Gasteiger partial charge >= 0.3 is 0 Å². The van der Waals surface area contributed by atoms with Gasteiger partial charge in [-0.05, 0) is 30.6 Å². The first-order chi connectivity index (χ1) is 15.4. The van der Waals surface area contributed by atoms with Crippen LogP contribution in [0.1, 0.15) is 23.7 Å². The Morgan fingerprint density at radius 3 is 2.66 bits per heavy atom. The molecule has 3 heterocycles. The number of aromatic nitrogens is 3. The summed E-state index contributed by atoms with van der Waals surface area (Å²) in [7, 11) is 3.11. The van der Waals surface area contributed by atoms with E-state index in [4.69, 9.17) is 15.2 Å². The van der Waals surface area contributed by atoms with E-state index in [2.05, 4.69) is 28.5 Å². The Morgan fingerprint density at radius 1 is 1.28 bits per heavy atom. The van der Waals surface area contributed by atoms with Crippen molar-refractivity contribution in [3.8, 4) is 23.3 Å². The first-order valence-electron chi connectivity index (χ1n) is 9.93. The minimum Gasteiger partial charge on any atom is -0.497 e. The second-order valence-corrected chi connectivity index (χ2v) is 7.29. The molecule has 1 aliphatic rings. The number of amides is 1. The lowest BCUT2D eigenvalue weighted by Crippen LogP contribution is -2.27. The number of carbonyl (C=O) groups is 1. The van der Waals surface area contributed by atoms with Crippen molar-refractivity contribution >= 4 is 22.6 Å². The Morgan fingerprint density at radius 2 is 2.00 bits per heavy atom. The van der Waals surface area contributed by atoms with E-state index in [1.165, 1.54) is 6.08 Å². The molecule has 1 saturated heterocycles. The molecule has 0 aliphatic carbocycles. The molecule has 4 rings (SSSR count). The smallest absolute Gasteiger partial charge is 0.246 e. The van der Waals surface area contributed by atoms with Crippen LogP contribution < -0.4 is 15.2 Å². The summed E-state index contributed by atoms with van der Waals surface area (Å²) in [5.41, 5.74) is 7.24. The number of anilines is 1. The van der Waals surface area contributed by atoms with E-state index in [9.17, 15) is 9.18 Å². The summed E-state index contributed by atoms with van der Waals surface area (Å²) in [4.78, 5) is 17.6. The van der Waals surface area contributed by atoms with E-state index < -0.39 is 5.82 Å². The molecule has 0 bridgehead atoms. The van der Waals surface area contributed by atoms with E-state index in [0.29, 0.717) is 47.7 Å². The maximum Gasteiger partial charge on any atom is 0.246 e. The van der Waals surface area contributed by atoms with Crippen molar-refractivity contribution < 1.29 is 18.7 Å². The lowest BCUT2D eigenvalue weighted by Gasteiger charge is -2.15. The van der Waals surface area contributed by atoms with Gasteiger partial charge in [0, 0.05) is 24.7 Å². The van der Waals surface area contributed by atoms with Crippen LogP contribution in [-0.2, 0) is 4.79 Å². The topological polar surface area (TPSA) is 95.5 Å². The lowest BCUT2D eigenvalue weighted by atomic mass is 10.1. The highest BCUT2D eigenvalue weighted by atomic mass is 19.1. The first kappa shape index (κ1) is 21.2. The molecule has 1 unspecified atom stereocenters. The fraction of sp³-hybridized carbons (Fsp3) is 0.261. The Bertz CT molecular complexity index is 1250. The molecular weight excluding hydrogens is 413 g/mol. The van der Waals surface area contributed by atoms with E-state index in [1.807, 2.05) is 0 Å². The zero-order valence-electron chi connectivity index (χ0n) is 17.8. The predicted molar refractivity (Wildman–Crippen MR) is 118 cm³/mol. The summed E-state index contributed by atoms with van der Waals surface area (Å²) < 4.78 is 26.9. The van der Waals surface area contributed by atoms with Crippen LogP contribution in [0.2, 0.25) is 0 Å². The maximum atomic E-state index is 14.8. The number of nitrogens with zero attached hydrogens (tertiary/aromatic N) is 4. The number of halogens is 1. The lowest BCUT2D eigenvalue weighted by molar-refractivity contribution is -0.125. The number of hydrogen-bond donors (Lipinski definition) is 1. The van der Waals surface area contributed by atoms with E-state index in [0.717, 1.165) is 6.20 Å². The molecule has 1 fully saturated rings. The van der Waals surface area contributed by atoms with Crippen LogP contribution in [0, 0.1) is 17.7 Å². The van der Waals surface area contributed by atoms with Gasteiger partial charge in [0.1, 0.15) is 28.5 Å². The summed E-state index contributed by atoms with van der Waals surface area (Å²) in [6, 6.07) is 5.03. The van der Waals surface area contributed by atoms with Gasteiger partial charge in [-0.3, -0.25) is 9.48 Å². The molecule has 9 heteroatoms. The Hall–Kier alpha value is -4.06. The zero-order chi connectivity index (χ0) is 22.8. The first-order valence-corrected chi connectivity index (χ1v) is 9.93. The van der Waals surface area contributed by atoms with E-state index in [-0.39, 0.29) is 23.3 Å². The number of carbonyl (C=O) groups excluding carboxylic acids is 1. The average Bonchev–Trinajstić information content (AvgIpc) is 3.45. The van der Waals surface area contributed by atoms with Crippen molar-refractivity contribution in [2.45, 2.75) is 12.5 Å². The number of ether oxygens (including phenoxy) is 2. The van der Waals surface area contributed by atoms with Crippen LogP contribution in [-0.4, -0.2) is 52.9 Å². The molecule has 2 N–H and O–H groups in total. The van der Waals surface area contributed by atoms with Gasteiger partial charge in [-0.25, -0.2) is 9.37 Å². The Labute approximate surface area is 184 Å². The van der Waals surface area contributed by atoms with Gasteiger partial charge in [0.05, 0.1) is 31.8 Å². The van der Waals surface area contributed by atoms with E-state index in [1.54, 1.807) is 42.0 Å². The van der Waals surface area contributed by atoms with Gasteiger partial charge in [-0.15, -0.1) is 0 Å². The highest BCUT2D eigenvalue weighted by Crippen LogP contribution is 2.31. The number of benzene rings is 1. The molecule has 0 radical (unpaired) electrons. The van der Waals surface area contributed by atoms with Crippen molar-refractivity contribution in [1.29, 1.82) is 0 Å². The van der Waals surface area contributed by atoms with Gasteiger partial charge in [0.2, 0.25) is 5.91 Å². The molecule has 1 atom stereocenters. The normalized spacial score (nSPS) is 15.3. The number of hydrogen-bond acceptors (Lipinski definition) is 6. The van der Waals surface area contributed by atoms with Crippen molar-refractivity contribution in [2.24, 2.45) is 0 Å². The Kier molecular flexibility index (Phi) is 5.69. The van der Waals surface area contributed by atoms with Crippen LogP contribution in [0.25, 0.3) is 10.9 Å². The molecule has 3 aromatic rings. The highest BCUT2D eigenvalue weighted by Gasteiger charge is 2.30. The van der Waals surface area contributed by atoms with Gasteiger partial charge in [-0.1, -0.05) is 12.5 Å². The number of methoxy groups -OCH3 is 2. The standard InChI is InChI=1S/C23H22FN5O3/c1-4-20(30)28-8-7-15(13-28)29-22-18(24)12-26-23(25)21(22)19(27-29)6-5-14-9-16(31-2)11-17(10-14)32-3/h4,9-12,15H,1,7-8,13H2,2-3H3,(H2,25,26). The predicted octanol–water partition coefficient (Wildman–Crippen LogP) is 2.53. The molecule has 1 aromatic carbocycles. The maximum absolute atomic E-state index is 14.8. The second kappa shape index (κ2) is 8.59. The van der Waals surface area contributed by atoms with Crippen molar-refractivity contribution in [2.75, 3.05) is 33.0 Å². The van der Waals surface area contributed by atoms with Gasteiger partial charge in [0.15, 0.2) is 5.82 Å². The summed E-state index contributed by atoms with van der Waals surface area (Å²) in [6.07, 6.45) is 2.96. The summed E-state index contributed by atoms with van der Waals surface area (Å²) >= 11 is 0. The third-order valence-electron chi connectivity index (χ3n) is 5.38. The quantitative estimate of drug-likeness (QED) is 0.500. The molecule has 2 aromatic heterocycles. The summed E-state index contributed by atoms with van der Waals surface area (Å²) in [5.74, 6) is 6.61. The van der Waals surface area contributed by atoms with Gasteiger partial charge < -0.3 is 20.1 Å². The minimum atomic E-state index is -0.550. The monoisotopic (exact) mass is 435 g/mol. The van der Waals surface area contributed by atoms with Crippen LogP contribution in [0.3, 0.4) is 0 Å². The van der Waals surface area contributed by atoms with E-state index >= 15 is 0 Å². The van der Waals surface area contributed by atoms with Crippen LogP contribution in [0.15, 0.2) is 37.1 Å². The van der Waals surface area contributed by atoms with Crippen LogP contribution in [0.4, 0.5) is 10.2 Å². The average molecular weight is 435 g/mol. The number of nitrogen functional groups attached to an aromatic ring is 1. The van der Waals surface area contributed by atoms with Crippen LogP contribution >= 0.6 is 0 Å². The molecule has 1 amide bonds. The number of fused-ring (bicyclic) bond motifs is 1. The highest BCUT2D eigenvalue weighted by molar-refractivity contribution is 5.93. The van der Waals surface area contributed by atoms with Gasteiger partial charge in [0.25, 0.3) is 0 Å². The van der Waals surface area contributed by atoms with Gasteiger partial charge in [-0.2, -0.15) is 5.10 Å². The molecular formula is C23H22FN5O3. The molecule has 1 aliphatic heterocycles. The van der Waals surface area contributed by atoms with Crippen molar-refractivity contribution in [3.63, 3.8) is 0 Å². The molecule has 164 valence electrons. The summed E-state index contributed by atoms with van der Waals surface area (Å²) in [6.45, 7) is 4.45. The second-order valence-electron chi connectivity index (χ2n) is 7.29. The minimum absolute atomic E-state index is 0.136. The largest absolute Gasteiger partial charge is 0.497 e. The summed E-state index contributed by atoms with van der Waals surface area (Å²) in [5, 5.41) is 4.92. The fourth-order valence-electron chi connectivity index (χ4n) is 3.79. The SMILES string of the molecule is C=CC(=O)N1CCC(n2nc(C#Cc3cc(OC)cc(OC)c3)c3c(N)ncc(F)c32)C1. The number of likely N-dealkylation sites (tertiary alicyclic amines) is 1. The number of rotatable bonds is 4. The third-order valence-corrected chi connectivity index (χ3v) is 5.38.